The topological polar surface area (TPSA) is 92.3 Å². The second kappa shape index (κ2) is 10.5. The second-order valence-electron chi connectivity index (χ2n) is 7.95. The Labute approximate surface area is 218 Å². The maximum absolute atomic E-state index is 13.1. The maximum atomic E-state index is 13.1. The summed E-state index contributed by atoms with van der Waals surface area (Å²) in [6, 6.07) is 23.7. The van der Waals surface area contributed by atoms with Gasteiger partial charge in [-0.3, -0.25) is 14.3 Å². The van der Waals surface area contributed by atoms with E-state index in [9.17, 15) is 18.0 Å². The van der Waals surface area contributed by atoms with Crippen molar-refractivity contribution in [2.75, 3.05) is 10.0 Å². The summed E-state index contributed by atoms with van der Waals surface area (Å²) >= 11 is 12.4. The van der Waals surface area contributed by atoms with E-state index in [1.807, 2.05) is 6.92 Å². The van der Waals surface area contributed by atoms with Crippen LogP contribution in [-0.2, 0) is 10.0 Å². The Kier molecular flexibility index (Phi) is 7.45. The Hall–Kier alpha value is -3.65. The van der Waals surface area contributed by atoms with Crippen LogP contribution in [0.3, 0.4) is 0 Å². The van der Waals surface area contributed by atoms with Crippen molar-refractivity contribution >= 4 is 56.3 Å². The molecule has 4 aromatic carbocycles. The molecule has 0 atom stereocenters. The summed E-state index contributed by atoms with van der Waals surface area (Å²) in [5.74, 6) is -0.945. The number of nitrogens with one attached hydrogen (secondary N) is 2. The number of aryl methyl sites for hydroxylation is 1. The number of hydrogen-bond donors (Lipinski definition) is 2. The van der Waals surface area contributed by atoms with E-state index in [1.54, 1.807) is 48.5 Å². The van der Waals surface area contributed by atoms with Crippen molar-refractivity contribution in [3.63, 3.8) is 0 Å². The monoisotopic (exact) mass is 538 g/mol. The normalized spacial score (nSPS) is 11.1. The Morgan fingerprint density at radius 2 is 1.47 bits per heavy atom. The van der Waals surface area contributed by atoms with Crippen molar-refractivity contribution in [2.45, 2.75) is 11.8 Å². The van der Waals surface area contributed by atoms with Crippen LogP contribution in [0.2, 0.25) is 10.0 Å². The number of halogens is 2. The minimum absolute atomic E-state index is 0.0221. The molecule has 0 aliphatic rings. The van der Waals surface area contributed by atoms with E-state index in [1.165, 1.54) is 42.5 Å². The van der Waals surface area contributed by atoms with Crippen molar-refractivity contribution in [3.8, 4) is 0 Å². The van der Waals surface area contributed by atoms with Crippen LogP contribution in [0.1, 0.15) is 31.8 Å². The molecule has 0 spiro atoms. The quantitative estimate of drug-likeness (QED) is 0.259. The molecule has 182 valence electrons. The molecule has 0 fully saturated rings. The number of amides is 1. The van der Waals surface area contributed by atoms with Crippen LogP contribution >= 0.6 is 23.2 Å². The fourth-order valence-corrected chi connectivity index (χ4v) is 4.87. The Morgan fingerprint density at radius 1 is 0.778 bits per heavy atom. The molecule has 1 amide bonds. The van der Waals surface area contributed by atoms with Crippen LogP contribution in [0.5, 0.6) is 0 Å². The number of carbonyl (C=O) groups is 2. The third-order valence-electron chi connectivity index (χ3n) is 5.30. The van der Waals surface area contributed by atoms with Gasteiger partial charge in [-0.2, -0.15) is 0 Å². The first-order valence-corrected chi connectivity index (χ1v) is 13.0. The average Bonchev–Trinajstić information content (AvgIpc) is 2.86. The predicted octanol–water partition coefficient (Wildman–Crippen LogP) is 6.59. The van der Waals surface area contributed by atoms with Crippen molar-refractivity contribution in [1.82, 2.24) is 0 Å². The van der Waals surface area contributed by atoms with Gasteiger partial charge in [0.1, 0.15) is 0 Å². The molecule has 0 aliphatic heterocycles. The molecule has 0 saturated heterocycles. The minimum Gasteiger partial charge on any atom is -0.321 e. The lowest BCUT2D eigenvalue weighted by molar-refractivity contribution is 0.102. The third-order valence-corrected chi connectivity index (χ3v) is 7.27. The SMILES string of the molecule is Cc1ccc(S(=O)(=O)Nc2ccc(Cl)c(C(=O)Nc3ccc(Cl)cc3C(=O)c3ccccc3)c2)cc1. The van der Waals surface area contributed by atoms with E-state index >= 15 is 0 Å². The summed E-state index contributed by atoms with van der Waals surface area (Å²) < 4.78 is 28.0. The highest BCUT2D eigenvalue weighted by atomic mass is 35.5. The zero-order valence-electron chi connectivity index (χ0n) is 19.0. The molecular formula is C27H20Cl2N2O4S. The van der Waals surface area contributed by atoms with E-state index in [4.69, 9.17) is 23.2 Å². The molecule has 4 aromatic rings. The summed E-state index contributed by atoms with van der Waals surface area (Å²) in [4.78, 5) is 26.3. The molecule has 0 heterocycles. The lowest BCUT2D eigenvalue weighted by Gasteiger charge is -2.14. The van der Waals surface area contributed by atoms with Gasteiger partial charge in [0.15, 0.2) is 5.78 Å². The highest BCUT2D eigenvalue weighted by Crippen LogP contribution is 2.27. The number of carbonyl (C=O) groups excluding carboxylic acids is 2. The van der Waals surface area contributed by atoms with Gasteiger partial charge in [-0.25, -0.2) is 8.42 Å². The Morgan fingerprint density at radius 3 is 2.17 bits per heavy atom. The fraction of sp³-hybridized carbons (Fsp3) is 0.0370. The predicted molar refractivity (Wildman–Crippen MR) is 143 cm³/mol. The van der Waals surface area contributed by atoms with Crippen LogP contribution in [0, 0.1) is 6.92 Å². The zero-order chi connectivity index (χ0) is 25.9. The molecule has 0 unspecified atom stereocenters. The minimum atomic E-state index is -3.88. The van der Waals surface area contributed by atoms with Gasteiger partial charge >= 0.3 is 0 Å². The summed E-state index contributed by atoms with van der Waals surface area (Å²) in [6.07, 6.45) is 0. The van der Waals surface area contributed by atoms with E-state index in [0.717, 1.165) is 5.56 Å². The van der Waals surface area contributed by atoms with Crippen LogP contribution in [0.15, 0.2) is 95.9 Å². The van der Waals surface area contributed by atoms with Crippen molar-refractivity contribution < 1.29 is 18.0 Å². The largest absolute Gasteiger partial charge is 0.321 e. The van der Waals surface area contributed by atoms with Crippen LogP contribution in [-0.4, -0.2) is 20.1 Å². The molecule has 0 bridgehead atoms. The van der Waals surface area contributed by atoms with Gasteiger partial charge in [0.25, 0.3) is 15.9 Å². The number of hydrogen-bond acceptors (Lipinski definition) is 4. The van der Waals surface area contributed by atoms with E-state index in [2.05, 4.69) is 10.0 Å². The Bertz CT molecular complexity index is 1550. The summed E-state index contributed by atoms with van der Waals surface area (Å²) in [6.45, 7) is 1.85. The standard InChI is InChI=1S/C27H20Cl2N2O4S/c1-17-7-11-21(12-8-17)36(34,35)31-20-10-13-24(29)22(16-20)27(33)30-25-14-9-19(28)15-23(25)26(32)18-5-3-2-4-6-18/h2-16,31H,1H3,(H,30,33). The molecule has 0 aliphatic carbocycles. The van der Waals surface area contributed by atoms with Crippen LogP contribution < -0.4 is 10.0 Å². The van der Waals surface area contributed by atoms with Gasteiger partial charge in [0.2, 0.25) is 0 Å². The van der Waals surface area contributed by atoms with E-state index in [-0.39, 0.29) is 38.2 Å². The van der Waals surface area contributed by atoms with Gasteiger partial charge in [0, 0.05) is 21.8 Å². The second-order valence-corrected chi connectivity index (χ2v) is 10.5. The molecule has 2 N–H and O–H groups in total. The van der Waals surface area contributed by atoms with Crippen LogP contribution in [0.4, 0.5) is 11.4 Å². The molecule has 6 nitrogen and oxygen atoms in total. The van der Waals surface area contributed by atoms with Crippen molar-refractivity contribution in [3.05, 3.63) is 123 Å². The average molecular weight is 539 g/mol. The van der Waals surface area contributed by atoms with Gasteiger partial charge in [-0.15, -0.1) is 0 Å². The first-order chi connectivity index (χ1) is 17.1. The number of ketones is 1. The van der Waals surface area contributed by atoms with Gasteiger partial charge < -0.3 is 5.32 Å². The first-order valence-electron chi connectivity index (χ1n) is 10.7. The summed E-state index contributed by atoms with van der Waals surface area (Å²) in [5, 5.41) is 3.13. The van der Waals surface area contributed by atoms with Gasteiger partial charge in [-0.05, 0) is 55.5 Å². The Balaban J connectivity index is 1.61. The summed E-state index contributed by atoms with van der Waals surface area (Å²) in [5.41, 5.74) is 1.97. The maximum Gasteiger partial charge on any atom is 0.261 e. The van der Waals surface area contributed by atoms with Crippen LogP contribution in [0.25, 0.3) is 0 Å². The number of rotatable bonds is 7. The molecule has 9 heteroatoms. The molecule has 0 radical (unpaired) electrons. The molecule has 0 aromatic heterocycles. The van der Waals surface area contributed by atoms with Crippen molar-refractivity contribution in [2.24, 2.45) is 0 Å². The highest BCUT2D eigenvalue weighted by Gasteiger charge is 2.20. The van der Waals surface area contributed by atoms with Gasteiger partial charge in [-0.1, -0.05) is 71.2 Å². The molecule has 0 saturated carbocycles. The lowest BCUT2D eigenvalue weighted by Crippen LogP contribution is -2.17. The third kappa shape index (κ3) is 5.76. The van der Waals surface area contributed by atoms with E-state index < -0.39 is 15.9 Å². The van der Waals surface area contributed by atoms with Crippen molar-refractivity contribution in [1.29, 1.82) is 0 Å². The van der Waals surface area contributed by atoms with Gasteiger partial charge in [0.05, 0.1) is 21.2 Å². The zero-order valence-corrected chi connectivity index (χ0v) is 21.3. The smallest absolute Gasteiger partial charge is 0.261 e. The fourth-order valence-electron chi connectivity index (χ4n) is 3.44. The first kappa shape index (κ1) is 25.4. The molecule has 36 heavy (non-hydrogen) atoms. The van der Waals surface area contributed by atoms with E-state index in [0.29, 0.717) is 10.6 Å². The molecule has 4 rings (SSSR count). The lowest BCUT2D eigenvalue weighted by atomic mass is 10.0. The highest BCUT2D eigenvalue weighted by molar-refractivity contribution is 7.92. The number of sulfonamides is 1. The molecular weight excluding hydrogens is 519 g/mol. The number of anilines is 2. The number of benzene rings is 4. The summed E-state index contributed by atoms with van der Waals surface area (Å²) in [7, 11) is -3.88.